The van der Waals surface area contributed by atoms with Crippen molar-refractivity contribution in [2.45, 2.75) is 51.6 Å². The lowest BCUT2D eigenvalue weighted by Crippen LogP contribution is -2.39. The molecule has 1 saturated heterocycles. The number of piperidine rings is 1. The van der Waals surface area contributed by atoms with E-state index >= 15 is 0 Å². The summed E-state index contributed by atoms with van der Waals surface area (Å²) in [4.78, 5) is 28.1. The van der Waals surface area contributed by atoms with Crippen molar-refractivity contribution in [3.63, 3.8) is 0 Å². The van der Waals surface area contributed by atoms with Crippen LogP contribution in [0.15, 0.2) is 54.7 Å². The zero-order chi connectivity index (χ0) is 25.5. The Bertz CT molecular complexity index is 1250. The number of nitrogens with one attached hydrogen (secondary N) is 1. The normalized spacial score (nSPS) is 18.7. The largest absolute Gasteiger partial charge is 0.496 e. The van der Waals surface area contributed by atoms with Crippen LogP contribution >= 0.6 is 0 Å². The summed E-state index contributed by atoms with van der Waals surface area (Å²) in [7, 11) is 1.67. The molecule has 188 valence electrons. The van der Waals surface area contributed by atoms with E-state index in [0.29, 0.717) is 24.3 Å². The highest BCUT2D eigenvalue weighted by atomic mass is 16.6. The maximum absolute atomic E-state index is 13.4. The van der Waals surface area contributed by atoms with Crippen LogP contribution in [0.3, 0.4) is 0 Å². The second kappa shape index (κ2) is 9.12. The fourth-order valence-electron chi connectivity index (χ4n) is 5.45. The number of amides is 1. The number of carbonyl (C=O) groups excluding carboxylic acids is 2. The second-order valence-electron chi connectivity index (χ2n) is 10.9. The van der Waals surface area contributed by atoms with Crippen LogP contribution < -0.4 is 4.74 Å². The summed E-state index contributed by atoms with van der Waals surface area (Å²) in [6, 6.07) is 15.6. The number of rotatable bonds is 5. The predicted octanol–water partition coefficient (Wildman–Crippen LogP) is 5.45. The first kappa shape index (κ1) is 24.1. The highest BCUT2D eigenvalue weighted by Gasteiger charge is 2.56. The highest BCUT2D eigenvalue weighted by molar-refractivity contribution is 5.95. The first-order valence-electron chi connectivity index (χ1n) is 12.5. The van der Waals surface area contributed by atoms with Crippen LogP contribution in [-0.4, -0.2) is 52.8 Å². The van der Waals surface area contributed by atoms with Gasteiger partial charge in [-0.15, -0.1) is 0 Å². The SMILES string of the molecule is COc1cc(C2CC23CCN(C(=O)c2ccn[nH]2)CC3)c(C(=O)OC(C)(C)C)cc1-c1ccccc1. The van der Waals surface area contributed by atoms with Crippen LogP contribution in [0.5, 0.6) is 5.75 Å². The number of carbonyl (C=O) groups is 2. The number of hydrogen-bond donors (Lipinski definition) is 1. The van der Waals surface area contributed by atoms with Crippen molar-refractivity contribution in [1.29, 1.82) is 0 Å². The molecule has 2 fully saturated rings. The van der Waals surface area contributed by atoms with Gasteiger partial charge in [0.2, 0.25) is 0 Å². The van der Waals surface area contributed by atoms with Crippen LogP contribution in [0.25, 0.3) is 11.1 Å². The van der Waals surface area contributed by atoms with Gasteiger partial charge in [-0.25, -0.2) is 4.79 Å². The van der Waals surface area contributed by atoms with E-state index in [4.69, 9.17) is 9.47 Å². The smallest absolute Gasteiger partial charge is 0.338 e. The van der Waals surface area contributed by atoms with Crippen molar-refractivity contribution in [3.05, 3.63) is 71.5 Å². The van der Waals surface area contributed by atoms with Gasteiger partial charge in [0.25, 0.3) is 5.91 Å². The quantitative estimate of drug-likeness (QED) is 0.484. The number of esters is 1. The van der Waals surface area contributed by atoms with Gasteiger partial charge in [-0.05, 0) is 80.7 Å². The number of nitrogens with zero attached hydrogens (tertiary/aromatic N) is 2. The Kier molecular flexibility index (Phi) is 6.10. The summed E-state index contributed by atoms with van der Waals surface area (Å²) in [5.74, 6) is 0.648. The number of methoxy groups -OCH3 is 1. The molecule has 36 heavy (non-hydrogen) atoms. The lowest BCUT2D eigenvalue weighted by molar-refractivity contribution is 0.00680. The minimum Gasteiger partial charge on any atom is -0.496 e. The molecule has 2 aromatic carbocycles. The van der Waals surface area contributed by atoms with Crippen LogP contribution in [0.1, 0.15) is 72.4 Å². The van der Waals surface area contributed by atoms with E-state index in [9.17, 15) is 9.59 Å². The van der Waals surface area contributed by atoms with Crippen molar-refractivity contribution < 1.29 is 19.1 Å². The van der Waals surface area contributed by atoms with E-state index in [0.717, 1.165) is 41.7 Å². The Hall–Kier alpha value is -3.61. The van der Waals surface area contributed by atoms with Gasteiger partial charge >= 0.3 is 5.97 Å². The minimum atomic E-state index is -0.596. The summed E-state index contributed by atoms with van der Waals surface area (Å²) in [6.45, 7) is 7.04. The third-order valence-corrected chi connectivity index (χ3v) is 7.42. The number of ether oxygens (including phenoxy) is 2. The van der Waals surface area contributed by atoms with Crippen LogP contribution in [0, 0.1) is 5.41 Å². The number of hydrogen-bond acceptors (Lipinski definition) is 5. The van der Waals surface area contributed by atoms with E-state index < -0.39 is 5.60 Å². The number of aromatic amines is 1. The van der Waals surface area contributed by atoms with Gasteiger partial charge in [0, 0.05) is 24.8 Å². The number of aromatic nitrogens is 2. The maximum atomic E-state index is 13.4. The maximum Gasteiger partial charge on any atom is 0.338 e. The molecular weight excluding hydrogens is 454 g/mol. The first-order valence-corrected chi connectivity index (χ1v) is 12.5. The molecule has 1 aliphatic carbocycles. The highest BCUT2D eigenvalue weighted by Crippen LogP contribution is 2.66. The van der Waals surface area contributed by atoms with Gasteiger partial charge in [-0.3, -0.25) is 9.89 Å². The summed E-state index contributed by atoms with van der Waals surface area (Å²) < 4.78 is 11.6. The lowest BCUT2D eigenvalue weighted by atomic mass is 9.86. The van der Waals surface area contributed by atoms with Crippen molar-refractivity contribution >= 4 is 11.9 Å². The molecule has 1 amide bonds. The monoisotopic (exact) mass is 487 g/mol. The Morgan fingerprint density at radius 1 is 1.08 bits per heavy atom. The predicted molar refractivity (Wildman–Crippen MR) is 137 cm³/mol. The molecule has 7 heteroatoms. The number of H-pyrrole nitrogens is 1. The van der Waals surface area contributed by atoms with Crippen LogP contribution in [0.2, 0.25) is 0 Å². The third-order valence-electron chi connectivity index (χ3n) is 7.42. The zero-order valence-electron chi connectivity index (χ0n) is 21.3. The molecule has 0 radical (unpaired) electrons. The molecule has 1 atom stereocenters. The summed E-state index contributed by atoms with van der Waals surface area (Å²) in [5.41, 5.74) is 3.45. The number of likely N-dealkylation sites (tertiary alicyclic amines) is 1. The standard InChI is InChI=1S/C29H33N3O4/c1-28(2,3)36-27(34)22-16-20(19-8-6-5-7-9-19)25(35-4)17-21(22)23-18-29(23)11-14-32(15-12-29)26(33)24-10-13-30-31-24/h5-10,13,16-17,23H,11-12,14-15,18H2,1-4H3,(H,30,31). The molecular formula is C29H33N3O4. The van der Waals surface area contributed by atoms with Crippen LogP contribution in [-0.2, 0) is 4.74 Å². The Morgan fingerprint density at radius 3 is 2.42 bits per heavy atom. The van der Waals surface area contributed by atoms with E-state index in [2.05, 4.69) is 10.2 Å². The summed E-state index contributed by atoms with van der Waals surface area (Å²) in [5, 5.41) is 6.67. The Balaban J connectivity index is 1.45. The summed E-state index contributed by atoms with van der Waals surface area (Å²) >= 11 is 0. The van der Waals surface area contributed by atoms with E-state index in [-0.39, 0.29) is 23.2 Å². The molecule has 1 aliphatic heterocycles. The molecule has 1 unspecified atom stereocenters. The van der Waals surface area contributed by atoms with Gasteiger partial charge in [-0.1, -0.05) is 30.3 Å². The Labute approximate surface area is 211 Å². The minimum absolute atomic E-state index is 0.0112. The average molecular weight is 488 g/mol. The van der Waals surface area contributed by atoms with E-state index in [1.807, 2.05) is 68.1 Å². The van der Waals surface area contributed by atoms with E-state index in [1.54, 1.807) is 19.4 Å². The fourth-order valence-corrected chi connectivity index (χ4v) is 5.45. The zero-order valence-corrected chi connectivity index (χ0v) is 21.3. The molecule has 3 aromatic rings. The molecule has 1 spiro atoms. The molecule has 7 nitrogen and oxygen atoms in total. The van der Waals surface area contributed by atoms with Crippen molar-refractivity contribution in [2.24, 2.45) is 5.41 Å². The van der Waals surface area contributed by atoms with Gasteiger partial charge in [-0.2, -0.15) is 5.10 Å². The van der Waals surface area contributed by atoms with Gasteiger partial charge < -0.3 is 14.4 Å². The molecule has 0 bridgehead atoms. The third kappa shape index (κ3) is 4.62. The van der Waals surface area contributed by atoms with Gasteiger partial charge in [0.1, 0.15) is 17.0 Å². The first-order chi connectivity index (χ1) is 17.2. The molecule has 1 saturated carbocycles. The van der Waals surface area contributed by atoms with Gasteiger partial charge in [0.05, 0.1) is 12.7 Å². The Morgan fingerprint density at radius 2 is 1.81 bits per heavy atom. The molecule has 1 aromatic heterocycles. The number of benzene rings is 2. The molecule has 1 N–H and O–H groups in total. The summed E-state index contributed by atoms with van der Waals surface area (Å²) in [6.07, 6.45) is 4.38. The molecule has 2 aliphatic rings. The lowest BCUT2D eigenvalue weighted by Gasteiger charge is -2.33. The second-order valence-corrected chi connectivity index (χ2v) is 10.9. The van der Waals surface area contributed by atoms with Crippen LogP contribution in [0.4, 0.5) is 0 Å². The average Bonchev–Trinajstić information content (AvgIpc) is 3.27. The fraction of sp³-hybridized carbons (Fsp3) is 0.414. The van der Waals surface area contributed by atoms with E-state index in [1.165, 1.54) is 0 Å². The van der Waals surface area contributed by atoms with Crippen molar-refractivity contribution in [2.75, 3.05) is 20.2 Å². The molecule has 2 heterocycles. The topological polar surface area (TPSA) is 84.5 Å². The van der Waals surface area contributed by atoms with Crippen molar-refractivity contribution in [3.8, 4) is 16.9 Å². The molecule has 5 rings (SSSR count). The van der Waals surface area contributed by atoms with Crippen molar-refractivity contribution in [1.82, 2.24) is 15.1 Å². The van der Waals surface area contributed by atoms with Gasteiger partial charge in [0.15, 0.2) is 0 Å².